The molecule has 0 radical (unpaired) electrons. The van der Waals surface area contributed by atoms with Crippen LogP contribution in [0.2, 0.25) is 0 Å². The number of carbonyl (C=O) groups excluding carboxylic acids is 3. The molecule has 356 valence electrons. The van der Waals surface area contributed by atoms with Crippen LogP contribution in [-0.4, -0.2) is 164 Å². The Morgan fingerprint density at radius 1 is 0.879 bits per heavy atom. The van der Waals surface area contributed by atoms with E-state index in [1.165, 1.54) is 33.2 Å². The lowest BCUT2D eigenvalue weighted by molar-refractivity contribution is -0.339. The molecule has 2 unspecified atom stereocenters. The number of likely N-dealkylation sites (N-methyl/N-ethyl adjacent to an activating group) is 1. The monoisotopic (exact) mass is 925 g/mol. The van der Waals surface area contributed by atoms with Gasteiger partial charge in [-0.2, -0.15) is 0 Å². The van der Waals surface area contributed by atoms with Crippen molar-refractivity contribution in [2.75, 3.05) is 27.3 Å². The van der Waals surface area contributed by atoms with Gasteiger partial charge in [0, 0.05) is 34.9 Å². The molecule has 4 aliphatic rings. The van der Waals surface area contributed by atoms with Crippen LogP contribution in [-0.2, 0) is 23.7 Å². The summed E-state index contributed by atoms with van der Waals surface area (Å²) in [6.07, 6.45) is -15.8. The normalized spacial score (nSPS) is 28.3. The number of hydrogen-bond donors (Lipinski definition) is 13. The average Bonchev–Trinajstić information content (AvgIpc) is 3.26. The summed E-state index contributed by atoms with van der Waals surface area (Å²) in [5.41, 5.74) is 7.12. The van der Waals surface area contributed by atoms with Crippen molar-refractivity contribution < 1.29 is 88.8 Å². The number of carbonyl (C=O) groups is 4. The lowest BCUT2D eigenvalue weighted by atomic mass is 9.74. The fourth-order valence-corrected chi connectivity index (χ4v) is 8.96. The molecule has 1 amide bonds. The Bertz CT molecular complexity index is 2480. The number of hydrogen-bond acceptors (Lipinski definition) is 19. The van der Waals surface area contributed by atoms with Crippen LogP contribution in [0.15, 0.2) is 29.3 Å². The van der Waals surface area contributed by atoms with E-state index in [1.807, 2.05) is 0 Å². The van der Waals surface area contributed by atoms with Gasteiger partial charge in [-0.25, -0.2) is 4.79 Å². The molecule has 2 fully saturated rings. The minimum Gasteiger partial charge on any atom is -0.507 e. The van der Waals surface area contributed by atoms with E-state index >= 15 is 0 Å². The van der Waals surface area contributed by atoms with Crippen LogP contribution >= 0.6 is 0 Å². The van der Waals surface area contributed by atoms with Gasteiger partial charge in [0.1, 0.15) is 71.8 Å². The molecule has 3 aromatic rings. The number of aliphatic hydroxyl groups is 5. The fourth-order valence-electron chi connectivity index (χ4n) is 8.96. The summed E-state index contributed by atoms with van der Waals surface area (Å²) in [5.74, 6) is -7.06. The molecule has 23 heteroatoms. The van der Waals surface area contributed by atoms with Crippen molar-refractivity contribution in [1.29, 1.82) is 0 Å². The Labute approximate surface area is 375 Å². The second-order valence-electron chi connectivity index (χ2n) is 16.4. The lowest BCUT2D eigenvalue weighted by Gasteiger charge is -2.47. The van der Waals surface area contributed by atoms with E-state index in [0.717, 1.165) is 12.1 Å². The van der Waals surface area contributed by atoms with Gasteiger partial charge < -0.3 is 91.7 Å². The van der Waals surface area contributed by atoms with Crippen molar-refractivity contribution in [3.05, 3.63) is 68.8 Å². The third-order valence-corrected chi connectivity index (χ3v) is 12.3. The summed E-state index contributed by atoms with van der Waals surface area (Å²) in [6.45, 7) is 2.58. The molecule has 0 aromatic heterocycles. The number of phenolic OH excluding ortho intramolecular Hbond substituents is 3. The molecule has 0 saturated carbocycles. The highest BCUT2D eigenvalue weighted by Gasteiger charge is 2.51. The second kappa shape index (κ2) is 18.7. The van der Waals surface area contributed by atoms with Gasteiger partial charge in [-0.05, 0) is 62.6 Å². The fraction of sp³-hybridized carbons (Fsp3) is 0.465. The number of methoxy groups -OCH3 is 1. The zero-order valence-electron chi connectivity index (χ0n) is 35.9. The van der Waals surface area contributed by atoms with E-state index in [2.05, 4.69) is 15.6 Å². The number of nitrogens with two attached hydrogens (primary N) is 2. The second-order valence-corrected chi connectivity index (χ2v) is 16.4. The van der Waals surface area contributed by atoms with Gasteiger partial charge in [0.05, 0.1) is 42.6 Å². The molecular formula is C43H51N5O18. The van der Waals surface area contributed by atoms with Crippen LogP contribution in [0, 0.1) is 6.92 Å². The number of carboxylic acid groups (broad SMARTS) is 1. The van der Waals surface area contributed by atoms with Crippen LogP contribution in [0.3, 0.4) is 0 Å². The molecule has 2 aliphatic heterocycles. The van der Waals surface area contributed by atoms with Gasteiger partial charge in [-0.3, -0.25) is 19.4 Å². The highest BCUT2D eigenvalue weighted by atomic mass is 16.7. The van der Waals surface area contributed by atoms with Crippen LogP contribution in [0.25, 0.3) is 11.1 Å². The number of benzene rings is 3. The highest BCUT2D eigenvalue weighted by molar-refractivity contribution is 6.31. The van der Waals surface area contributed by atoms with Gasteiger partial charge in [0.15, 0.2) is 30.1 Å². The number of nitrogens with zero attached hydrogens (tertiary/aromatic N) is 1. The molecule has 23 nitrogen and oxygen atoms in total. The predicted molar refractivity (Wildman–Crippen MR) is 225 cm³/mol. The van der Waals surface area contributed by atoms with Crippen molar-refractivity contribution in [1.82, 2.24) is 10.6 Å². The van der Waals surface area contributed by atoms with Crippen molar-refractivity contribution in [2.24, 2.45) is 16.5 Å². The molecule has 2 aliphatic carbocycles. The third kappa shape index (κ3) is 8.38. The molecule has 66 heavy (non-hydrogen) atoms. The van der Waals surface area contributed by atoms with Gasteiger partial charge in [0.2, 0.25) is 0 Å². The number of amides is 1. The first-order valence-corrected chi connectivity index (χ1v) is 20.7. The Kier molecular flexibility index (Phi) is 13.6. The Balaban J connectivity index is 1.35. The Hall–Kier alpha value is -5.99. The van der Waals surface area contributed by atoms with Gasteiger partial charge in [-0.15, -0.1) is 0 Å². The van der Waals surface area contributed by atoms with E-state index in [1.54, 1.807) is 6.92 Å². The third-order valence-electron chi connectivity index (χ3n) is 12.3. The Morgan fingerprint density at radius 2 is 1.55 bits per heavy atom. The van der Waals surface area contributed by atoms with Crippen LogP contribution < -0.4 is 26.8 Å². The summed E-state index contributed by atoms with van der Waals surface area (Å²) in [7, 11) is 2.79. The summed E-state index contributed by atoms with van der Waals surface area (Å²) in [6, 6.07) is 2.29. The minimum atomic E-state index is -1.93. The Morgan fingerprint density at radius 3 is 2.20 bits per heavy atom. The largest absolute Gasteiger partial charge is 0.507 e. The number of aliphatic hydroxyl groups excluding tert-OH is 5. The number of nitrogens with one attached hydrogen (secondary N) is 2. The molecule has 3 aromatic carbocycles. The number of carboxylic acids is 1. The number of ether oxygens (including phenoxy) is 5. The number of rotatable bonds is 13. The van der Waals surface area contributed by atoms with Gasteiger partial charge >= 0.3 is 5.97 Å². The standard InChI is InChI=1S/C43H51N5O18/c1-13-8-19-26(33(55)23(13)39(59)48-20(40(60)61)6-5-7-47-43(44)45)25-17(11-18-27(34(25)56)30(52)16-9-15(62-4)10-21(49)24(16)29(18)51)31(53)37(19)65-42-36(58)38(28(46-3)14(2)64-42)66-41-35(57)32(54)22(50)12-63-41/h8-11,14,20,22,28,31-32,35-38,41-42,46,49-50,53-58H,5-7,12H2,1-4H3,(H,48,59)(H,60,61)(H4,44,45,47)/t14-,20-,22-,28+,31?,32+,35-,36-,37?,38+,41+,42+/m1/s1. The number of aliphatic carboxylic acids is 1. The molecule has 15 N–H and O–H groups in total. The summed E-state index contributed by atoms with van der Waals surface area (Å²) in [5, 5.41) is 106. The number of fused-ring (bicyclic) bond motifs is 5. The zero-order valence-corrected chi connectivity index (χ0v) is 35.9. The SMILES string of the molecule is CN[C@@H]1[C@H](O[C@@H]2OC[C@@H](O)[C@H](O)[C@H]2O)[C@@H](O)[C@H](OC2c3cc(C)c(C(=O)N[C@H](CCCN=C(N)N)C(=O)O)c(O)c3-c3c(cc4c(c3O)C(=O)c3cc(OC)cc(O)c3C4=O)C2O)O[C@@H]1C. The van der Waals surface area contributed by atoms with Gasteiger partial charge in [0.25, 0.3) is 5.91 Å². The molecule has 2 heterocycles. The molecular weight excluding hydrogens is 874 g/mol. The maximum Gasteiger partial charge on any atom is 0.326 e. The minimum absolute atomic E-state index is 0.00249. The van der Waals surface area contributed by atoms with E-state index in [0.29, 0.717) is 0 Å². The first kappa shape index (κ1) is 48.0. The molecule has 0 bridgehead atoms. The average molecular weight is 926 g/mol. The lowest BCUT2D eigenvalue weighted by Crippen LogP contribution is -2.65. The smallest absolute Gasteiger partial charge is 0.326 e. The zero-order chi connectivity index (χ0) is 48.2. The molecule has 2 saturated heterocycles. The van der Waals surface area contributed by atoms with E-state index in [4.69, 9.17) is 35.2 Å². The van der Waals surface area contributed by atoms with E-state index < -0.39 is 154 Å². The number of guanidine groups is 1. The maximum absolute atomic E-state index is 14.2. The van der Waals surface area contributed by atoms with E-state index in [9.17, 15) is 65.1 Å². The van der Waals surface area contributed by atoms with Crippen LogP contribution in [0.5, 0.6) is 23.0 Å². The van der Waals surface area contributed by atoms with Crippen molar-refractivity contribution >= 4 is 29.4 Å². The van der Waals surface area contributed by atoms with Crippen LogP contribution in [0.4, 0.5) is 0 Å². The molecule has 12 atom stereocenters. The van der Waals surface area contributed by atoms with Crippen molar-refractivity contribution in [3.8, 4) is 34.1 Å². The number of aliphatic imine (C=N–C) groups is 1. The topological polar surface area (TPSA) is 385 Å². The number of aromatic hydroxyl groups is 3. The number of phenols is 3. The number of aryl methyl sites for hydroxylation is 1. The molecule has 0 spiro atoms. The summed E-state index contributed by atoms with van der Waals surface area (Å²) < 4.78 is 29.1. The molecule has 7 rings (SSSR count). The first-order valence-electron chi connectivity index (χ1n) is 20.7. The van der Waals surface area contributed by atoms with Crippen molar-refractivity contribution in [3.63, 3.8) is 0 Å². The van der Waals surface area contributed by atoms with E-state index in [-0.39, 0.29) is 53.3 Å². The maximum atomic E-state index is 14.2. The first-order chi connectivity index (χ1) is 31.2. The quantitative estimate of drug-likeness (QED) is 0.0409. The summed E-state index contributed by atoms with van der Waals surface area (Å²) >= 11 is 0. The van der Waals surface area contributed by atoms with Crippen molar-refractivity contribution in [2.45, 2.75) is 100 Å². The number of ketones is 2. The van der Waals surface area contributed by atoms with Gasteiger partial charge in [-0.1, -0.05) is 6.07 Å². The summed E-state index contributed by atoms with van der Waals surface area (Å²) in [4.78, 5) is 58.5. The predicted octanol–water partition coefficient (Wildman–Crippen LogP) is -1.58. The van der Waals surface area contributed by atoms with Crippen LogP contribution in [0.1, 0.15) is 90.9 Å². The highest BCUT2D eigenvalue weighted by Crippen LogP contribution is 2.57.